The van der Waals surface area contributed by atoms with Crippen molar-refractivity contribution in [2.24, 2.45) is 0 Å². The summed E-state index contributed by atoms with van der Waals surface area (Å²) in [6.07, 6.45) is 7.57. The molecule has 0 radical (unpaired) electrons. The predicted octanol–water partition coefficient (Wildman–Crippen LogP) is 2.78. The van der Waals surface area contributed by atoms with E-state index in [9.17, 15) is 0 Å². The minimum atomic E-state index is 0.500. The number of hydrogen-bond acceptors (Lipinski definition) is 3. The second-order valence-electron chi connectivity index (χ2n) is 6.27. The second-order valence-corrected chi connectivity index (χ2v) is 6.27. The third-order valence-corrected chi connectivity index (χ3v) is 4.85. The molecule has 4 heteroatoms. The lowest BCUT2D eigenvalue weighted by Crippen LogP contribution is -2.26. The molecule has 4 nitrogen and oxygen atoms in total. The first-order valence-corrected chi connectivity index (χ1v) is 8.10. The maximum atomic E-state index is 5.27. The molecule has 1 aliphatic heterocycles. The van der Waals surface area contributed by atoms with Gasteiger partial charge in [0.1, 0.15) is 5.82 Å². The van der Waals surface area contributed by atoms with Crippen LogP contribution >= 0.6 is 0 Å². The molecule has 0 saturated heterocycles. The maximum absolute atomic E-state index is 5.27. The Morgan fingerprint density at radius 1 is 1.40 bits per heavy atom. The largest absolute Gasteiger partial charge is 0.385 e. The summed E-state index contributed by atoms with van der Waals surface area (Å²) < 4.78 is 7.83. The highest BCUT2D eigenvalue weighted by Crippen LogP contribution is 2.37. The highest BCUT2D eigenvalue weighted by molar-refractivity contribution is 5.23. The molecule has 1 aromatic rings. The Bertz CT molecular complexity index is 449. The van der Waals surface area contributed by atoms with Crippen LogP contribution in [0.4, 0.5) is 0 Å². The lowest BCUT2D eigenvalue weighted by Gasteiger charge is -2.23. The van der Waals surface area contributed by atoms with E-state index in [1.54, 1.807) is 7.11 Å². The Morgan fingerprint density at radius 3 is 2.95 bits per heavy atom. The molecule has 1 fully saturated rings. The molecule has 2 aliphatic rings. The number of methoxy groups -OCH3 is 1. The molecule has 2 heterocycles. The molecule has 1 aliphatic carbocycles. The average Bonchev–Trinajstić information content (AvgIpc) is 3.11. The number of nitrogens with one attached hydrogen (secondary N) is 1. The van der Waals surface area contributed by atoms with Crippen molar-refractivity contribution in [3.8, 4) is 0 Å². The quantitative estimate of drug-likeness (QED) is 0.899. The summed E-state index contributed by atoms with van der Waals surface area (Å²) in [4.78, 5) is 5.02. The molecule has 3 rings (SSSR count). The zero-order chi connectivity index (χ0) is 13.9. The van der Waals surface area contributed by atoms with E-state index in [1.807, 2.05) is 0 Å². The second kappa shape index (κ2) is 6.27. The summed E-state index contributed by atoms with van der Waals surface area (Å²) in [6.45, 7) is 5.18. The van der Waals surface area contributed by atoms with Crippen LogP contribution < -0.4 is 5.32 Å². The highest BCUT2D eigenvalue weighted by atomic mass is 16.5. The van der Waals surface area contributed by atoms with E-state index in [4.69, 9.17) is 9.72 Å². The monoisotopic (exact) mass is 277 g/mol. The SMILES string of the molecule is COCCC(C)n1c(C2CCCC2)nc2c1CCNC2. The van der Waals surface area contributed by atoms with E-state index in [1.165, 1.54) is 42.9 Å². The molecule has 1 N–H and O–H groups in total. The van der Waals surface area contributed by atoms with Crippen molar-refractivity contribution in [1.82, 2.24) is 14.9 Å². The molecule has 112 valence electrons. The molecular weight excluding hydrogens is 250 g/mol. The van der Waals surface area contributed by atoms with Crippen LogP contribution in [0.2, 0.25) is 0 Å². The predicted molar refractivity (Wildman–Crippen MR) is 80.1 cm³/mol. The first-order chi connectivity index (χ1) is 9.81. The molecule has 0 amide bonds. The zero-order valence-corrected chi connectivity index (χ0v) is 12.8. The van der Waals surface area contributed by atoms with Gasteiger partial charge in [-0.25, -0.2) is 4.98 Å². The van der Waals surface area contributed by atoms with Gasteiger partial charge in [0.25, 0.3) is 0 Å². The Hall–Kier alpha value is -0.870. The van der Waals surface area contributed by atoms with Crippen LogP contribution in [0.5, 0.6) is 0 Å². The molecule has 0 aromatic carbocycles. The van der Waals surface area contributed by atoms with Crippen molar-refractivity contribution in [1.29, 1.82) is 0 Å². The summed E-state index contributed by atoms with van der Waals surface area (Å²) in [5, 5.41) is 3.45. The number of fused-ring (bicyclic) bond motifs is 1. The molecule has 1 aromatic heterocycles. The summed E-state index contributed by atoms with van der Waals surface area (Å²) in [5.74, 6) is 2.05. The van der Waals surface area contributed by atoms with Crippen molar-refractivity contribution < 1.29 is 4.74 Å². The van der Waals surface area contributed by atoms with Crippen molar-refractivity contribution in [3.63, 3.8) is 0 Å². The van der Waals surface area contributed by atoms with Crippen LogP contribution in [0, 0.1) is 0 Å². The van der Waals surface area contributed by atoms with E-state index in [0.29, 0.717) is 12.0 Å². The smallest absolute Gasteiger partial charge is 0.112 e. The molecule has 0 bridgehead atoms. The fourth-order valence-corrected chi connectivity index (χ4v) is 3.74. The van der Waals surface area contributed by atoms with Gasteiger partial charge in [0.15, 0.2) is 0 Å². The number of aromatic nitrogens is 2. The topological polar surface area (TPSA) is 39.1 Å². The minimum absolute atomic E-state index is 0.500. The minimum Gasteiger partial charge on any atom is -0.385 e. The van der Waals surface area contributed by atoms with Crippen LogP contribution in [0.1, 0.15) is 68.2 Å². The highest BCUT2D eigenvalue weighted by Gasteiger charge is 2.28. The molecule has 1 unspecified atom stereocenters. The Kier molecular flexibility index (Phi) is 4.41. The number of nitrogens with zero attached hydrogens (tertiary/aromatic N) is 2. The molecular formula is C16H27N3O. The molecule has 1 saturated carbocycles. The standard InChI is InChI=1S/C16H27N3O/c1-12(8-10-20-2)19-15-7-9-17-11-14(15)18-16(19)13-5-3-4-6-13/h12-13,17H,3-11H2,1-2H3. The van der Waals surface area contributed by atoms with Gasteiger partial charge in [-0.3, -0.25) is 0 Å². The van der Waals surface area contributed by atoms with Crippen molar-refractivity contribution in [3.05, 3.63) is 17.2 Å². The summed E-state index contributed by atoms with van der Waals surface area (Å²) in [6, 6.07) is 0.500. The van der Waals surface area contributed by atoms with Crippen molar-refractivity contribution in [2.75, 3.05) is 20.3 Å². The van der Waals surface area contributed by atoms with Gasteiger partial charge in [-0.05, 0) is 26.2 Å². The fraction of sp³-hybridized carbons (Fsp3) is 0.812. The van der Waals surface area contributed by atoms with Gasteiger partial charge in [-0.2, -0.15) is 0 Å². The lowest BCUT2D eigenvalue weighted by atomic mass is 10.1. The van der Waals surface area contributed by atoms with Gasteiger partial charge in [0.05, 0.1) is 5.69 Å². The molecule has 1 atom stereocenters. The normalized spacial score (nSPS) is 21.1. The fourth-order valence-electron chi connectivity index (χ4n) is 3.74. The number of hydrogen-bond donors (Lipinski definition) is 1. The molecule has 0 spiro atoms. The number of rotatable bonds is 5. The Morgan fingerprint density at radius 2 is 2.20 bits per heavy atom. The van der Waals surface area contributed by atoms with Crippen LogP contribution in [-0.4, -0.2) is 29.8 Å². The van der Waals surface area contributed by atoms with Gasteiger partial charge in [-0.15, -0.1) is 0 Å². The van der Waals surface area contributed by atoms with Gasteiger partial charge >= 0.3 is 0 Å². The number of ether oxygens (including phenoxy) is 1. The summed E-state index contributed by atoms with van der Waals surface area (Å²) in [7, 11) is 1.79. The van der Waals surface area contributed by atoms with Gasteiger partial charge < -0.3 is 14.6 Å². The van der Waals surface area contributed by atoms with E-state index in [-0.39, 0.29) is 0 Å². The van der Waals surface area contributed by atoms with Crippen LogP contribution in [0.25, 0.3) is 0 Å². The van der Waals surface area contributed by atoms with Crippen molar-refractivity contribution in [2.45, 2.75) is 64.0 Å². The Balaban J connectivity index is 1.92. The van der Waals surface area contributed by atoms with Crippen LogP contribution in [0.15, 0.2) is 0 Å². The van der Waals surface area contributed by atoms with E-state index in [2.05, 4.69) is 16.8 Å². The van der Waals surface area contributed by atoms with Gasteiger partial charge in [0, 0.05) is 50.9 Å². The third kappa shape index (κ3) is 2.63. The van der Waals surface area contributed by atoms with Crippen molar-refractivity contribution >= 4 is 0 Å². The van der Waals surface area contributed by atoms with E-state index >= 15 is 0 Å². The summed E-state index contributed by atoms with van der Waals surface area (Å²) >= 11 is 0. The van der Waals surface area contributed by atoms with E-state index < -0.39 is 0 Å². The average molecular weight is 277 g/mol. The number of imidazole rings is 1. The third-order valence-electron chi connectivity index (χ3n) is 4.85. The first-order valence-electron chi connectivity index (χ1n) is 8.10. The molecule has 20 heavy (non-hydrogen) atoms. The zero-order valence-electron chi connectivity index (χ0n) is 12.8. The van der Waals surface area contributed by atoms with E-state index in [0.717, 1.165) is 32.5 Å². The van der Waals surface area contributed by atoms with Crippen LogP contribution in [0.3, 0.4) is 0 Å². The first kappa shape index (κ1) is 14.1. The summed E-state index contributed by atoms with van der Waals surface area (Å²) in [5.41, 5.74) is 2.77. The van der Waals surface area contributed by atoms with Gasteiger partial charge in [-0.1, -0.05) is 12.8 Å². The van der Waals surface area contributed by atoms with Gasteiger partial charge in [0.2, 0.25) is 0 Å². The van der Waals surface area contributed by atoms with Crippen LogP contribution in [-0.2, 0) is 17.7 Å². The Labute approximate surface area is 121 Å². The lowest BCUT2D eigenvalue weighted by molar-refractivity contribution is 0.179. The maximum Gasteiger partial charge on any atom is 0.112 e.